The van der Waals surface area contributed by atoms with Crippen molar-refractivity contribution in [1.82, 2.24) is 4.98 Å². The summed E-state index contributed by atoms with van der Waals surface area (Å²) < 4.78 is 29.5. The smallest absolute Gasteiger partial charge is 0.339 e. The first-order valence-electron chi connectivity index (χ1n) is 7.26. The molecule has 0 bridgehead atoms. The molecule has 24 heavy (non-hydrogen) atoms. The number of esters is 1. The van der Waals surface area contributed by atoms with Gasteiger partial charge in [-0.25, -0.2) is 4.79 Å². The van der Waals surface area contributed by atoms with Crippen molar-refractivity contribution < 1.29 is 18.3 Å². The zero-order chi connectivity index (χ0) is 17.4. The van der Waals surface area contributed by atoms with Crippen molar-refractivity contribution in [2.45, 2.75) is 13.3 Å². The maximum Gasteiger partial charge on any atom is 0.339 e. The van der Waals surface area contributed by atoms with E-state index < -0.39 is 12.0 Å². The van der Waals surface area contributed by atoms with E-state index in [-0.39, 0.29) is 24.2 Å². The van der Waals surface area contributed by atoms with Crippen LogP contribution in [0, 0.1) is 11.8 Å². The van der Waals surface area contributed by atoms with Crippen molar-refractivity contribution in [1.29, 1.82) is 0 Å². The van der Waals surface area contributed by atoms with Gasteiger partial charge in [-0.3, -0.25) is 4.98 Å². The molecular weight excluding hydrogens is 312 g/mol. The first-order chi connectivity index (χ1) is 11.6. The van der Waals surface area contributed by atoms with Gasteiger partial charge < -0.3 is 4.74 Å². The number of carbonyl (C=O) groups excluding carboxylic acids is 1. The third kappa shape index (κ3) is 5.33. The van der Waals surface area contributed by atoms with Crippen LogP contribution in [0.15, 0.2) is 60.4 Å². The first kappa shape index (κ1) is 17.4. The number of nitrogens with zero attached hydrogens (tertiary/aromatic N) is 1. The lowest BCUT2D eigenvalue weighted by molar-refractivity contribution is 0.0507. The van der Waals surface area contributed by atoms with Gasteiger partial charge in [0.25, 0.3) is 6.08 Å². The SMILES string of the molecule is CC(CCOC(=O)c1cncc(C#Cc2ccccc2)c1)=C(F)F. The Morgan fingerprint density at radius 1 is 1.12 bits per heavy atom. The molecule has 2 rings (SSSR count). The molecule has 0 atom stereocenters. The number of benzene rings is 1. The predicted molar refractivity (Wildman–Crippen MR) is 86.5 cm³/mol. The summed E-state index contributed by atoms with van der Waals surface area (Å²) in [5.74, 6) is 5.27. The Hall–Kier alpha value is -3.00. The Morgan fingerprint density at radius 3 is 2.54 bits per heavy atom. The fourth-order valence-corrected chi connectivity index (χ4v) is 1.76. The Morgan fingerprint density at radius 2 is 1.83 bits per heavy atom. The van der Waals surface area contributed by atoms with Gasteiger partial charge in [0.2, 0.25) is 0 Å². The molecule has 1 aromatic heterocycles. The first-order valence-corrected chi connectivity index (χ1v) is 7.26. The third-order valence-corrected chi connectivity index (χ3v) is 3.13. The highest BCUT2D eigenvalue weighted by atomic mass is 19.3. The monoisotopic (exact) mass is 327 g/mol. The van der Waals surface area contributed by atoms with Crippen LogP contribution in [-0.2, 0) is 4.74 Å². The molecule has 1 heterocycles. The quantitative estimate of drug-likeness (QED) is 0.624. The van der Waals surface area contributed by atoms with Crippen molar-refractivity contribution in [2.24, 2.45) is 0 Å². The minimum atomic E-state index is -1.74. The summed E-state index contributed by atoms with van der Waals surface area (Å²) in [6.45, 7) is 1.19. The summed E-state index contributed by atoms with van der Waals surface area (Å²) in [7, 11) is 0. The summed E-state index contributed by atoms with van der Waals surface area (Å²) in [5.41, 5.74) is 1.56. The second-order valence-electron chi connectivity index (χ2n) is 5.00. The molecule has 0 N–H and O–H groups in total. The Labute approximate surface area is 139 Å². The van der Waals surface area contributed by atoms with Crippen LogP contribution < -0.4 is 0 Å². The van der Waals surface area contributed by atoms with Gasteiger partial charge in [-0.1, -0.05) is 30.0 Å². The molecule has 2 aromatic rings. The van der Waals surface area contributed by atoms with Crippen molar-refractivity contribution in [3.05, 3.63) is 77.1 Å². The van der Waals surface area contributed by atoms with Gasteiger partial charge in [0.1, 0.15) is 0 Å². The number of ether oxygens (including phenoxy) is 1. The van der Waals surface area contributed by atoms with E-state index in [4.69, 9.17) is 4.74 Å². The number of carbonyl (C=O) groups is 1. The molecule has 0 saturated carbocycles. The molecule has 3 nitrogen and oxygen atoms in total. The van der Waals surface area contributed by atoms with Crippen molar-refractivity contribution >= 4 is 5.97 Å². The highest BCUT2D eigenvalue weighted by Gasteiger charge is 2.09. The van der Waals surface area contributed by atoms with Gasteiger partial charge in [0, 0.05) is 29.9 Å². The van der Waals surface area contributed by atoms with Crippen LogP contribution in [0.25, 0.3) is 0 Å². The highest BCUT2D eigenvalue weighted by molar-refractivity contribution is 5.89. The summed E-state index contributed by atoms with van der Waals surface area (Å²) in [5, 5.41) is 0. The van der Waals surface area contributed by atoms with Crippen molar-refractivity contribution in [3.63, 3.8) is 0 Å². The lowest BCUT2D eigenvalue weighted by Crippen LogP contribution is -2.07. The van der Waals surface area contributed by atoms with Gasteiger partial charge in [-0.15, -0.1) is 0 Å². The van der Waals surface area contributed by atoms with Crippen LogP contribution >= 0.6 is 0 Å². The lowest BCUT2D eigenvalue weighted by atomic mass is 10.2. The van der Waals surface area contributed by atoms with Gasteiger partial charge in [-0.05, 0) is 30.7 Å². The van der Waals surface area contributed by atoms with E-state index in [1.807, 2.05) is 30.3 Å². The number of halogens is 2. The Bertz CT molecular complexity index is 801. The molecule has 0 aliphatic heterocycles. The minimum absolute atomic E-state index is 0.00496. The van der Waals surface area contributed by atoms with Crippen molar-refractivity contribution in [2.75, 3.05) is 6.61 Å². The number of aromatic nitrogens is 1. The van der Waals surface area contributed by atoms with E-state index in [9.17, 15) is 13.6 Å². The summed E-state index contributed by atoms with van der Waals surface area (Å²) in [6.07, 6.45) is 1.15. The number of pyridine rings is 1. The summed E-state index contributed by atoms with van der Waals surface area (Å²) >= 11 is 0. The predicted octanol–water partition coefficient (Wildman–Crippen LogP) is 4.20. The van der Waals surface area contributed by atoms with E-state index in [1.54, 1.807) is 6.07 Å². The van der Waals surface area contributed by atoms with E-state index in [0.717, 1.165) is 5.56 Å². The van der Waals surface area contributed by atoms with Crippen LogP contribution in [0.2, 0.25) is 0 Å². The van der Waals surface area contributed by atoms with E-state index >= 15 is 0 Å². The topological polar surface area (TPSA) is 39.2 Å². The molecule has 0 spiro atoms. The standard InChI is InChI=1S/C19H15F2NO2/c1-14(18(20)21)9-10-24-19(23)17-11-16(12-22-13-17)8-7-15-5-3-2-4-6-15/h2-6,11-13H,9-10H2,1H3. The molecule has 0 aliphatic rings. The zero-order valence-corrected chi connectivity index (χ0v) is 13.1. The van der Waals surface area contributed by atoms with E-state index in [1.165, 1.54) is 19.3 Å². The molecular formula is C19H15F2NO2. The minimum Gasteiger partial charge on any atom is -0.462 e. The number of hydrogen-bond acceptors (Lipinski definition) is 3. The van der Waals surface area contributed by atoms with Crippen LogP contribution in [0.5, 0.6) is 0 Å². The molecule has 122 valence electrons. The molecule has 0 fully saturated rings. The van der Waals surface area contributed by atoms with Gasteiger partial charge in [-0.2, -0.15) is 8.78 Å². The molecule has 0 saturated heterocycles. The summed E-state index contributed by atoms with van der Waals surface area (Å²) in [4.78, 5) is 15.9. The van der Waals surface area contributed by atoms with Crippen molar-refractivity contribution in [3.8, 4) is 11.8 Å². The normalized spacial score (nSPS) is 9.62. The highest BCUT2D eigenvalue weighted by Crippen LogP contribution is 2.11. The number of rotatable bonds is 4. The fraction of sp³-hybridized carbons (Fsp3) is 0.158. The van der Waals surface area contributed by atoms with Crippen LogP contribution in [0.4, 0.5) is 8.78 Å². The molecule has 5 heteroatoms. The molecule has 0 radical (unpaired) electrons. The van der Waals surface area contributed by atoms with Gasteiger partial charge in [0.05, 0.1) is 12.2 Å². The maximum absolute atomic E-state index is 12.3. The Kier molecular flexibility index (Phi) is 6.21. The molecule has 0 amide bonds. The second kappa shape index (κ2) is 8.59. The molecule has 0 unspecified atom stereocenters. The Balaban J connectivity index is 2.01. The average molecular weight is 327 g/mol. The van der Waals surface area contributed by atoms with Gasteiger partial charge >= 0.3 is 5.97 Å². The zero-order valence-electron chi connectivity index (χ0n) is 13.1. The average Bonchev–Trinajstić information content (AvgIpc) is 2.60. The maximum atomic E-state index is 12.3. The molecule has 0 aliphatic carbocycles. The third-order valence-electron chi connectivity index (χ3n) is 3.13. The van der Waals surface area contributed by atoms with E-state index in [2.05, 4.69) is 16.8 Å². The lowest BCUT2D eigenvalue weighted by Gasteiger charge is -2.04. The fourth-order valence-electron chi connectivity index (χ4n) is 1.76. The van der Waals surface area contributed by atoms with E-state index in [0.29, 0.717) is 5.56 Å². The largest absolute Gasteiger partial charge is 0.462 e. The summed E-state index contributed by atoms with van der Waals surface area (Å²) in [6, 6.07) is 11.0. The number of hydrogen-bond donors (Lipinski definition) is 0. The molecule has 1 aromatic carbocycles. The van der Waals surface area contributed by atoms with Crippen LogP contribution in [0.1, 0.15) is 34.8 Å². The van der Waals surface area contributed by atoms with Crippen LogP contribution in [-0.4, -0.2) is 17.6 Å². The second-order valence-corrected chi connectivity index (χ2v) is 5.00. The van der Waals surface area contributed by atoms with Gasteiger partial charge in [0.15, 0.2) is 0 Å². The van der Waals surface area contributed by atoms with Crippen LogP contribution in [0.3, 0.4) is 0 Å².